The molecule has 0 radical (unpaired) electrons. The number of anilines is 1. The van der Waals surface area contributed by atoms with E-state index in [2.05, 4.69) is 20.1 Å². The second kappa shape index (κ2) is 8.10. The Kier molecular flexibility index (Phi) is 5.95. The Labute approximate surface area is 195 Å². The van der Waals surface area contributed by atoms with Crippen LogP contribution >= 0.6 is 22.1 Å². The van der Waals surface area contributed by atoms with Crippen molar-refractivity contribution in [2.24, 2.45) is 5.84 Å². The highest BCUT2D eigenvalue weighted by Gasteiger charge is 2.62. The van der Waals surface area contributed by atoms with Crippen molar-refractivity contribution in [1.82, 2.24) is 24.5 Å². The molecule has 2 saturated heterocycles. The quantitative estimate of drug-likeness (QED) is 0.467. The Morgan fingerprint density at radius 2 is 2.12 bits per heavy atom. The zero-order valence-corrected chi connectivity index (χ0v) is 19.7. The molecule has 33 heavy (non-hydrogen) atoms. The van der Waals surface area contributed by atoms with Gasteiger partial charge in [0.2, 0.25) is 0 Å². The second-order valence-electron chi connectivity index (χ2n) is 8.90. The lowest BCUT2D eigenvalue weighted by Gasteiger charge is -2.61. The maximum atomic E-state index is 15.1. The Morgan fingerprint density at radius 1 is 1.42 bits per heavy atom. The number of pyridine rings is 1. The number of carbonyl (C=O) groups excluding carboxylic acids is 1. The molecular weight excluding hydrogens is 483 g/mol. The molecule has 2 aliphatic heterocycles. The number of amides is 1. The van der Waals surface area contributed by atoms with Crippen molar-refractivity contribution in [3.8, 4) is 0 Å². The number of nitrogens with two attached hydrogens (primary N) is 1. The molecule has 4 heterocycles. The summed E-state index contributed by atoms with van der Waals surface area (Å²) >= 11 is 5.86. The third-order valence-corrected chi connectivity index (χ3v) is 10.7. The number of alkyl halides is 2. The summed E-state index contributed by atoms with van der Waals surface area (Å²) in [5.74, 6) is 4.84. The van der Waals surface area contributed by atoms with E-state index in [1.807, 2.05) is 13.8 Å². The van der Waals surface area contributed by atoms with E-state index in [9.17, 15) is 18.1 Å². The van der Waals surface area contributed by atoms with E-state index in [-0.39, 0.29) is 27.8 Å². The molecular formula is C19H25ClF3N7O2S. The lowest BCUT2D eigenvalue weighted by Crippen LogP contribution is -2.67. The Morgan fingerprint density at radius 3 is 2.76 bits per heavy atom. The Hall–Kier alpha value is -1.90. The van der Waals surface area contributed by atoms with Gasteiger partial charge in [0.15, 0.2) is 5.69 Å². The van der Waals surface area contributed by atoms with Gasteiger partial charge in [-0.05, 0) is 39.3 Å². The van der Waals surface area contributed by atoms with Gasteiger partial charge in [-0.15, -0.1) is 0 Å². The first-order valence-electron chi connectivity index (χ1n) is 10.1. The first-order valence-corrected chi connectivity index (χ1v) is 12.2. The zero-order chi connectivity index (χ0) is 24.3. The van der Waals surface area contributed by atoms with Gasteiger partial charge < -0.3 is 9.87 Å². The number of hydrogen-bond donors (Lipinski definition) is 4. The molecule has 1 amide bonds. The van der Waals surface area contributed by atoms with Crippen molar-refractivity contribution in [2.75, 3.05) is 18.4 Å². The summed E-state index contributed by atoms with van der Waals surface area (Å²) in [6, 6.07) is 2.37. The van der Waals surface area contributed by atoms with Gasteiger partial charge in [0, 0.05) is 23.1 Å². The van der Waals surface area contributed by atoms with Crippen molar-refractivity contribution in [2.45, 2.75) is 49.3 Å². The number of rotatable bonds is 4. The SMILES string of the molecule is CC1(C)CN(N)[C@](C)(c2nc(NC(=O)c3nn(C(F)F)cc3Cl)ccc2F)[C@@H]2CCNS21O. The molecule has 2 aliphatic rings. The standard InChI is InChI=1S/C19H25ClF3N7O2S/c1-18(2)9-30(24)19(3,12-6-7-25-33(12,18)32)15-11(21)4-5-13(26-15)27-16(31)14-10(20)8-29(28-14)17(22)23/h4-5,8,12,17,25,32H,6-7,9,24H2,1-3H3,(H,26,27,31)/t12-,19-/m0/s1. The largest absolute Gasteiger partial charge is 0.337 e. The summed E-state index contributed by atoms with van der Waals surface area (Å²) in [6.45, 7) is 3.40. The highest BCUT2D eigenvalue weighted by molar-refractivity contribution is 8.29. The lowest BCUT2D eigenvalue weighted by molar-refractivity contribution is 0.0561. The molecule has 1 unspecified atom stereocenters. The number of aromatic nitrogens is 3. The second-order valence-corrected chi connectivity index (χ2v) is 12.5. The summed E-state index contributed by atoms with van der Waals surface area (Å²) in [5.41, 5.74) is -1.64. The third kappa shape index (κ3) is 3.70. The normalized spacial score (nSPS) is 31.3. The van der Waals surface area contributed by atoms with Crippen molar-refractivity contribution < 1.29 is 22.5 Å². The molecule has 2 fully saturated rings. The van der Waals surface area contributed by atoms with E-state index in [1.54, 1.807) is 6.92 Å². The van der Waals surface area contributed by atoms with Crippen LogP contribution in [-0.4, -0.2) is 53.3 Å². The molecule has 2 aromatic rings. The third-order valence-electron chi connectivity index (χ3n) is 6.43. The highest BCUT2D eigenvalue weighted by atomic mass is 35.5. The van der Waals surface area contributed by atoms with E-state index in [0.29, 0.717) is 13.0 Å². The fraction of sp³-hybridized carbons (Fsp3) is 0.526. The highest BCUT2D eigenvalue weighted by Crippen LogP contribution is 2.67. The summed E-state index contributed by atoms with van der Waals surface area (Å²) in [7, 11) is -2.39. The summed E-state index contributed by atoms with van der Waals surface area (Å²) in [6.07, 6.45) is 1.39. The van der Waals surface area contributed by atoms with Crippen LogP contribution in [0.1, 0.15) is 49.9 Å². The van der Waals surface area contributed by atoms with Crippen LogP contribution in [0.2, 0.25) is 5.02 Å². The van der Waals surface area contributed by atoms with E-state index in [0.717, 1.165) is 12.3 Å². The van der Waals surface area contributed by atoms with E-state index < -0.39 is 50.0 Å². The number of hydrazine groups is 1. The van der Waals surface area contributed by atoms with Crippen LogP contribution in [0.25, 0.3) is 0 Å². The van der Waals surface area contributed by atoms with Crippen molar-refractivity contribution in [1.29, 1.82) is 0 Å². The number of halogens is 4. The van der Waals surface area contributed by atoms with Crippen LogP contribution in [0.4, 0.5) is 19.0 Å². The Bertz CT molecular complexity index is 1100. The molecule has 182 valence electrons. The van der Waals surface area contributed by atoms with Crippen molar-refractivity contribution in [3.05, 3.63) is 40.6 Å². The summed E-state index contributed by atoms with van der Waals surface area (Å²) in [5, 5.41) is 6.70. The van der Waals surface area contributed by atoms with Crippen molar-refractivity contribution >= 4 is 33.8 Å². The molecule has 9 nitrogen and oxygen atoms in total. The predicted octanol–water partition coefficient (Wildman–Crippen LogP) is 3.46. The first-order chi connectivity index (χ1) is 15.3. The average molecular weight is 508 g/mol. The zero-order valence-electron chi connectivity index (χ0n) is 18.1. The minimum atomic E-state index is -2.97. The van der Waals surface area contributed by atoms with Gasteiger partial charge in [-0.25, -0.2) is 19.1 Å². The first kappa shape index (κ1) is 24.2. The van der Waals surface area contributed by atoms with Crippen LogP contribution < -0.4 is 15.9 Å². The Balaban J connectivity index is 1.70. The number of nitrogens with one attached hydrogen (secondary N) is 2. The molecule has 2 aromatic heterocycles. The van der Waals surface area contributed by atoms with Gasteiger partial charge in [-0.1, -0.05) is 22.1 Å². The molecule has 0 spiro atoms. The maximum absolute atomic E-state index is 15.1. The molecule has 0 saturated carbocycles. The molecule has 0 aliphatic carbocycles. The van der Waals surface area contributed by atoms with E-state index in [4.69, 9.17) is 17.4 Å². The minimum Gasteiger partial charge on any atom is -0.337 e. The average Bonchev–Trinajstić information content (AvgIpc) is 3.32. The number of nitrogens with zero attached hydrogens (tertiary/aromatic N) is 4. The van der Waals surface area contributed by atoms with Crippen LogP contribution in [0.3, 0.4) is 0 Å². The minimum absolute atomic E-state index is 0.0389. The number of fused-ring (bicyclic) bond motifs is 1. The van der Waals surface area contributed by atoms with Crippen LogP contribution in [-0.2, 0) is 5.54 Å². The maximum Gasteiger partial charge on any atom is 0.333 e. The summed E-state index contributed by atoms with van der Waals surface area (Å²) < 4.78 is 55.3. The molecule has 14 heteroatoms. The van der Waals surface area contributed by atoms with Crippen molar-refractivity contribution in [3.63, 3.8) is 0 Å². The van der Waals surface area contributed by atoms with Gasteiger partial charge in [0.05, 0.1) is 16.8 Å². The smallest absolute Gasteiger partial charge is 0.333 e. The molecule has 4 rings (SSSR count). The topological polar surface area (TPSA) is 121 Å². The lowest BCUT2D eigenvalue weighted by atomic mass is 9.88. The predicted molar refractivity (Wildman–Crippen MR) is 120 cm³/mol. The fourth-order valence-corrected chi connectivity index (χ4v) is 8.34. The van der Waals surface area contributed by atoms with E-state index in [1.165, 1.54) is 11.1 Å². The van der Waals surface area contributed by atoms with E-state index >= 15 is 4.39 Å². The number of hydrogen-bond acceptors (Lipinski definition) is 7. The molecule has 0 aromatic carbocycles. The fourth-order valence-electron chi connectivity index (χ4n) is 4.62. The van der Waals surface area contributed by atoms with Gasteiger partial charge in [0.1, 0.15) is 17.3 Å². The molecule has 5 N–H and O–H groups in total. The number of carbonyl (C=O) groups is 1. The summed E-state index contributed by atoms with van der Waals surface area (Å²) in [4.78, 5) is 16.9. The van der Waals surface area contributed by atoms with Crippen LogP contribution in [0.5, 0.6) is 0 Å². The van der Waals surface area contributed by atoms with Gasteiger partial charge in [-0.3, -0.25) is 15.4 Å². The monoisotopic (exact) mass is 507 g/mol. The van der Waals surface area contributed by atoms with Gasteiger partial charge in [0.25, 0.3) is 5.91 Å². The van der Waals surface area contributed by atoms with Gasteiger partial charge in [-0.2, -0.15) is 13.9 Å². The molecule has 0 bridgehead atoms. The van der Waals surface area contributed by atoms with Gasteiger partial charge >= 0.3 is 6.55 Å². The van der Waals surface area contributed by atoms with Crippen LogP contribution in [0.15, 0.2) is 18.3 Å². The van der Waals surface area contributed by atoms with Crippen LogP contribution in [0, 0.1) is 5.82 Å². The molecule has 3 atom stereocenters.